The third kappa shape index (κ3) is 9.10. The number of carbonyl (C=O) groups excluding carboxylic acids is 2. The van der Waals surface area contributed by atoms with E-state index in [4.69, 9.17) is 19.9 Å². The number of rotatable bonds is 6. The zero-order valence-electron chi connectivity index (χ0n) is 25.2. The lowest BCUT2D eigenvalue weighted by Gasteiger charge is -2.29. The normalized spacial score (nSPS) is 29.3. The molecule has 1 aromatic carbocycles. The molecule has 2 amide bonds. The summed E-state index contributed by atoms with van der Waals surface area (Å²) in [5.74, 6) is -1.41. The number of nitrogens with two attached hydrogens (primary N) is 1. The Balaban J connectivity index is 2.67. The van der Waals surface area contributed by atoms with Gasteiger partial charge in [0.15, 0.2) is 6.10 Å². The number of amides is 2. The topological polar surface area (TPSA) is 173 Å². The molecule has 6 atom stereocenters. The summed E-state index contributed by atoms with van der Waals surface area (Å²) in [5.41, 5.74) is 7.01. The van der Waals surface area contributed by atoms with Gasteiger partial charge in [-0.3, -0.25) is 4.79 Å². The van der Waals surface area contributed by atoms with Crippen LogP contribution in [-0.2, 0) is 25.4 Å². The Hall–Kier alpha value is -3.80. The molecule has 0 spiro atoms. The second kappa shape index (κ2) is 16.0. The van der Waals surface area contributed by atoms with Gasteiger partial charge in [-0.25, -0.2) is 4.79 Å². The van der Waals surface area contributed by atoms with Gasteiger partial charge in [-0.1, -0.05) is 44.2 Å². The molecule has 0 saturated heterocycles. The quantitative estimate of drug-likeness (QED) is 0.162. The van der Waals surface area contributed by atoms with Gasteiger partial charge >= 0.3 is 6.09 Å². The Morgan fingerprint density at radius 1 is 1.24 bits per heavy atom. The Morgan fingerprint density at radius 2 is 1.93 bits per heavy atom. The van der Waals surface area contributed by atoms with Crippen LogP contribution < -0.4 is 16.4 Å². The van der Waals surface area contributed by atoms with Crippen LogP contribution in [0.1, 0.15) is 39.7 Å². The van der Waals surface area contributed by atoms with E-state index in [1.54, 1.807) is 38.2 Å². The van der Waals surface area contributed by atoms with E-state index in [2.05, 4.69) is 17.2 Å². The van der Waals surface area contributed by atoms with E-state index < -0.39 is 42.3 Å². The molecule has 1 aromatic rings. The van der Waals surface area contributed by atoms with Gasteiger partial charge in [0, 0.05) is 43.9 Å². The fourth-order valence-electron chi connectivity index (χ4n) is 4.98. The van der Waals surface area contributed by atoms with Crippen molar-refractivity contribution in [2.75, 3.05) is 31.4 Å². The molecule has 11 nitrogen and oxygen atoms in total. The first-order chi connectivity index (χ1) is 19.8. The average molecular weight is 588 g/mol. The van der Waals surface area contributed by atoms with Crippen LogP contribution in [0.4, 0.5) is 16.2 Å². The van der Waals surface area contributed by atoms with Crippen molar-refractivity contribution in [3.8, 4) is 11.5 Å². The molecule has 11 heteroatoms. The number of primary amides is 1. The molecule has 2 rings (SSSR count). The van der Waals surface area contributed by atoms with Gasteiger partial charge in [0.1, 0.15) is 17.6 Å². The highest BCUT2D eigenvalue weighted by atomic mass is 16.6. The van der Waals surface area contributed by atoms with Crippen molar-refractivity contribution < 1.29 is 39.1 Å². The Kier molecular flexibility index (Phi) is 13.1. The number of hydrogen-bond donors (Lipinski definition) is 6. The van der Waals surface area contributed by atoms with Crippen LogP contribution in [0.25, 0.3) is 0 Å². The summed E-state index contributed by atoms with van der Waals surface area (Å²) in [5, 5.41) is 39.1. The minimum absolute atomic E-state index is 0.0416. The van der Waals surface area contributed by atoms with Crippen LogP contribution in [0, 0.1) is 11.8 Å². The average Bonchev–Trinajstić information content (AvgIpc) is 2.94. The second-order valence-corrected chi connectivity index (χ2v) is 10.6. The van der Waals surface area contributed by atoms with Crippen LogP contribution >= 0.6 is 0 Å². The Labute approximate surface area is 247 Å². The second-order valence-electron chi connectivity index (χ2n) is 10.6. The van der Waals surface area contributed by atoms with Crippen molar-refractivity contribution in [1.82, 2.24) is 0 Å². The molecule has 1 aliphatic heterocycles. The van der Waals surface area contributed by atoms with Crippen molar-refractivity contribution in [3.05, 3.63) is 59.7 Å². The lowest BCUT2D eigenvalue weighted by molar-refractivity contribution is -0.112. The van der Waals surface area contributed by atoms with Crippen molar-refractivity contribution >= 4 is 23.4 Å². The van der Waals surface area contributed by atoms with Gasteiger partial charge in [-0.2, -0.15) is 0 Å². The molecule has 0 aliphatic carbocycles. The monoisotopic (exact) mass is 587 g/mol. The van der Waals surface area contributed by atoms with E-state index in [1.807, 2.05) is 13.8 Å². The predicted octanol–water partition coefficient (Wildman–Crippen LogP) is 4.16. The third-order valence-corrected chi connectivity index (χ3v) is 7.25. The predicted molar refractivity (Wildman–Crippen MR) is 162 cm³/mol. The molecule has 0 saturated carbocycles. The van der Waals surface area contributed by atoms with Crippen molar-refractivity contribution in [2.24, 2.45) is 17.6 Å². The lowest BCUT2D eigenvalue weighted by atomic mass is 9.87. The van der Waals surface area contributed by atoms with E-state index in [0.29, 0.717) is 41.8 Å². The number of hydrogen-bond acceptors (Lipinski definition) is 9. The van der Waals surface area contributed by atoms with Crippen molar-refractivity contribution in [1.29, 1.82) is 0 Å². The largest absolute Gasteiger partial charge is 0.506 e. The number of anilines is 2. The van der Waals surface area contributed by atoms with Crippen molar-refractivity contribution in [2.45, 2.75) is 65.0 Å². The standard InChI is InChI=1S/C31H45N3O8/c1-8-12-33-26-21-13-17(2)14-25(41-7)27(36)19(4)15-20(5)29(42-31(32)39)24(40-6)11-9-10-18(3)30(38)34-22(28(21)37)16-23(26)35/h8-11,15-17,19,24-25,27,29,33,35-37H,1,12-14H2,2-7H3,(H2,32,39)(H,34,38)/b11-9-,18-10+,20-15+/t17-,19+,24?,25+,27-,29+/m1/s1. The maximum absolute atomic E-state index is 13.0. The summed E-state index contributed by atoms with van der Waals surface area (Å²) in [7, 11) is 2.95. The number of allylic oxidation sites excluding steroid dienone is 2. The van der Waals surface area contributed by atoms with Gasteiger partial charge in [0.25, 0.3) is 5.91 Å². The Morgan fingerprint density at radius 3 is 2.52 bits per heavy atom. The first-order valence-corrected chi connectivity index (χ1v) is 13.8. The molecule has 7 N–H and O–H groups in total. The van der Waals surface area contributed by atoms with E-state index in [0.717, 1.165) is 0 Å². The number of aliphatic hydroxyl groups is 1. The highest BCUT2D eigenvalue weighted by Crippen LogP contribution is 2.42. The molecule has 1 aliphatic rings. The summed E-state index contributed by atoms with van der Waals surface area (Å²) in [4.78, 5) is 24.7. The molecular weight excluding hydrogens is 542 g/mol. The number of phenols is 2. The number of aliphatic hydroxyl groups excluding tert-OH is 1. The molecule has 1 heterocycles. The molecule has 0 radical (unpaired) electrons. The maximum Gasteiger partial charge on any atom is 0.405 e. The van der Waals surface area contributed by atoms with Crippen LogP contribution in [0.5, 0.6) is 11.5 Å². The number of carbonyl (C=O) groups is 2. The summed E-state index contributed by atoms with van der Waals surface area (Å²) >= 11 is 0. The molecule has 1 unspecified atom stereocenters. The van der Waals surface area contributed by atoms with Crippen LogP contribution in [0.2, 0.25) is 0 Å². The highest BCUT2D eigenvalue weighted by molar-refractivity contribution is 6.04. The third-order valence-electron chi connectivity index (χ3n) is 7.25. The maximum atomic E-state index is 13.0. The fraction of sp³-hybridized carbons (Fsp3) is 0.484. The zero-order valence-corrected chi connectivity index (χ0v) is 25.2. The molecule has 0 aromatic heterocycles. The van der Waals surface area contributed by atoms with Gasteiger partial charge in [-0.15, -0.1) is 6.58 Å². The summed E-state index contributed by atoms with van der Waals surface area (Å²) in [6.07, 6.45) is 4.64. The smallest absolute Gasteiger partial charge is 0.405 e. The minimum Gasteiger partial charge on any atom is -0.506 e. The number of nitrogens with one attached hydrogen (secondary N) is 2. The van der Waals surface area contributed by atoms with Gasteiger partial charge < -0.3 is 45.9 Å². The van der Waals surface area contributed by atoms with Crippen LogP contribution in [0.3, 0.4) is 0 Å². The molecule has 42 heavy (non-hydrogen) atoms. The molecule has 2 bridgehead atoms. The summed E-state index contributed by atoms with van der Waals surface area (Å²) in [6, 6.07) is 1.28. The number of fused-ring (bicyclic) bond motifs is 2. The van der Waals surface area contributed by atoms with Crippen LogP contribution in [-0.4, -0.2) is 72.5 Å². The molecule has 0 fully saturated rings. The Bertz CT molecular complexity index is 1210. The van der Waals surface area contributed by atoms with Crippen molar-refractivity contribution in [3.63, 3.8) is 0 Å². The van der Waals surface area contributed by atoms with Crippen LogP contribution in [0.15, 0.2) is 54.2 Å². The van der Waals surface area contributed by atoms with Gasteiger partial charge in [0.2, 0.25) is 0 Å². The number of benzene rings is 1. The summed E-state index contributed by atoms with van der Waals surface area (Å²) < 4.78 is 16.6. The SMILES string of the molecule is C=CCNc1c(O)cc2c(O)c1C[C@@H](C)C[C@H](OC)[C@H](O)[C@@H](C)/C=C(\C)[C@H](OC(N)=O)C(OC)/C=C\C=C(/C)C(=O)N2. The zero-order chi connectivity index (χ0) is 31.6. The van der Waals surface area contributed by atoms with Gasteiger partial charge in [-0.05, 0) is 38.2 Å². The first kappa shape index (κ1) is 34.4. The number of phenolic OH excluding ortho intramolecular Hbond substituents is 2. The molecule has 232 valence electrons. The van der Waals surface area contributed by atoms with E-state index in [-0.39, 0.29) is 23.1 Å². The minimum atomic E-state index is -0.990. The number of ether oxygens (including phenoxy) is 3. The van der Waals surface area contributed by atoms with E-state index >= 15 is 0 Å². The molecular formula is C31H45N3O8. The van der Waals surface area contributed by atoms with E-state index in [9.17, 15) is 24.9 Å². The number of methoxy groups -OCH3 is 2. The fourth-order valence-corrected chi connectivity index (χ4v) is 4.98. The van der Waals surface area contributed by atoms with Gasteiger partial charge in [0.05, 0.1) is 23.6 Å². The summed E-state index contributed by atoms with van der Waals surface area (Å²) in [6.45, 7) is 11.1. The van der Waals surface area contributed by atoms with E-state index in [1.165, 1.54) is 26.4 Å². The highest BCUT2D eigenvalue weighted by Gasteiger charge is 2.30. The number of aromatic hydroxyl groups is 2. The lowest BCUT2D eigenvalue weighted by Crippen LogP contribution is -2.37. The first-order valence-electron chi connectivity index (χ1n) is 13.8.